The molecule has 2 aliphatic rings. The van der Waals surface area contributed by atoms with Crippen LogP contribution in [0.2, 0.25) is 0 Å². The fourth-order valence-corrected chi connectivity index (χ4v) is 3.83. The zero-order chi connectivity index (χ0) is 16.9. The number of likely N-dealkylation sites (N-methyl/N-ethyl adjacent to an activating group) is 1. The molecular formula is C19H29N3O2. The van der Waals surface area contributed by atoms with Gasteiger partial charge in [-0.15, -0.1) is 0 Å². The molecule has 1 aromatic carbocycles. The van der Waals surface area contributed by atoms with Gasteiger partial charge in [-0.2, -0.15) is 0 Å². The summed E-state index contributed by atoms with van der Waals surface area (Å²) in [6.07, 6.45) is 3.39. The van der Waals surface area contributed by atoms with E-state index in [0.717, 1.165) is 32.4 Å². The molecule has 5 heteroatoms. The van der Waals surface area contributed by atoms with Crippen LogP contribution in [0, 0.1) is 0 Å². The number of hydrogen-bond acceptors (Lipinski definition) is 4. The van der Waals surface area contributed by atoms with Crippen LogP contribution < -0.4 is 10.6 Å². The Morgan fingerprint density at radius 3 is 2.83 bits per heavy atom. The van der Waals surface area contributed by atoms with Gasteiger partial charge in [0.15, 0.2) is 0 Å². The molecule has 0 spiro atoms. The van der Waals surface area contributed by atoms with E-state index in [2.05, 4.69) is 46.8 Å². The number of likely N-dealkylation sites (tertiary alicyclic amines) is 1. The number of rotatable bonds is 6. The zero-order valence-electron chi connectivity index (χ0n) is 14.7. The third kappa shape index (κ3) is 4.15. The molecular weight excluding hydrogens is 302 g/mol. The highest BCUT2D eigenvalue weighted by Crippen LogP contribution is 2.31. The molecule has 0 aromatic heterocycles. The minimum Gasteiger partial charge on any atom is -0.376 e. The van der Waals surface area contributed by atoms with Gasteiger partial charge >= 0.3 is 0 Å². The monoisotopic (exact) mass is 331 g/mol. The van der Waals surface area contributed by atoms with E-state index >= 15 is 0 Å². The first-order valence-electron chi connectivity index (χ1n) is 9.05. The molecule has 0 saturated carbocycles. The lowest BCUT2D eigenvalue weighted by atomic mass is 9.99. The number of nitrogens with one attached hydrogen (secondary N) is 2. The zero-order valence-corrected chi connectivity index (χ0v) is 14.7. The topological polar surface area (TPSA) is 53.6 Å². The van der Waals surface area contributed by atoms with Gasteiger partial charge < -0.3 is 15.4 Å². The Labute approximate surface area is 144 Å². The molecule has 4 atom stereocenters. The van der Waals surface area contributed by atoms with Crippen molar-refractivity contribution in [3.8, 4) is 0 Å². The maximum atomic E-state index is 12.4. The smallest absolute Gasteiger partial charge is 0.236 e. The molecule has 3 rings (SSSR count). The minimum absolute atomic E-state index is 0.0619. The van der Waals surface area contributed by atoms with E-state index in [1.54, 1.807) is 0 Å². The van der Waals surface area contributed by atoms with Crippen LogP contribution in [0.3, 0.4) is 0 Å². The number of carbonyl (C=O) groups excluding carboxylic acids is 1. The van der Waals surface area contributed by atoms with Crippen molar-refractivity contribution in [1.82, 2.24) is 15.5 Å². The average molecular weight is 331 g/mol. The molecule has 2 saturated heterocycles. The highest BCUT2D eigenvalue weighted by Gasteiger charge is 2.34. The summed E-state index contributed by atoms with van der Waals surface area (Å²) in [5.41, 5.74) is 1.31. The lowest BCUT2D eigenvalue weighted by Crippen LogP contribution is -2.49. The Balaban J connectivity index is 1.54. The second-order valence-corrected chi connectivity index (χ2v) is 7.00. The molecule has 24 heavy (non-hydrogen) atoms. The van der Waals surface area contributed by atoms with E-state index in [1.807, 2.05) is 13.0 Å². The number of hydrogen-bond donors (Lipinski definition) is 2. The first-order chi connectivity index (χ1) is 11.6. The van der Waals surface area contributed by atoms with Crippen molar-refractivity contribution in [2.45, 2.75) is 50.4 Å². The number of nitrogens with zero attached hydrogens (tertiary/aromatic N) is 1. The molecule has 0 aliphatic carbocycles. The summed E-state index contributed by atoms with van der Waals surface area (Å²) in [4.78, 5) is 14.7. The SMILES string of the molecule is CC(NC1CCN(C)C1c1ccccc1)C(=O)NCC1CCCO1. The molecule has 2 fully saturated rings. The molecule has 2 N–H and O–H groups in total. The third-order valence-electron chi connectivity index (χ3n) is 5.18. The maximum Gasteiger partial charge on any atom is 0.236 e. The molecule has 132 valence electrons. The number of amides is 1. The van der Waals surface area contributed by atoms with Crippen LogP contribution in [0.5, 0.6) is 0 Å². The van der Waals surface area contributed by atoms with Gasteiger partial charge in [0.1, 0.15) is 0 Å². The summed E-state index contributed by atoms with van der Waals surface area (Å²) >= 11 is 0. The van der Waals surface area contributed by atoms with Crippen molar-refractivity contribution in [2.24, 2.45) is 0 Å². The van der Waals surface area contributed by atoms with Gasteiger partial charge in [-0.1, -0.05) is 30.3 Å². The van der Waals surface area contributed by atoms with Crippen LogP contribution in [0.15, 0.2) is 30.3 Å². The van der Waals surface area contributed by atoms with Crippen molar-refractivity contribution in [1.29, 1.82) is 0 Å². The number of carbonyl (C=O) groups is 1. The second-order valence-electron chi connectivity index (χ2n) is 7.00. The van der Waals surface area contributed by atoms with Crippen molar-refractivity contribution < 1.29 is 9.53 Å². The molecule has 1 aromatic rings. The Kier molecular flexibility index (Phi) is 5.87. The highest BCUT2D eigenvalue weighted by molar-refractivity contribution is 5.81. The van der Waals surface area contributed by atoms with Crippen LogP contribution in [0.4, 0.5) is 0 Å². The number of ether oxygens (including phenoxy) is 1. The van der Waals surface area contributed by atoms with Crippen molar-refractivity contribution in [3.05, 3.63) is 35.9 Å². The Hall–Kier alpha value is -1.43. The van der Waals surface area contributed by atoms with Crippen LogP contribution in [-0.2, 0) is 9.53 Å². The van der Waals surface area contributed by atoms with Gasteiger partial charge in [-0.25, -0.2) is 0 Å². The van der Waals surface area contributed by atoms with Gasteiger partial charge in [0.2, 0.25) is 5.91 Å². The first-order valence-corrected chi connectivity index (χ1v) is 9.05. The number of benzene rings is 1. The van der Waals surface area contributed by atoms with E-state index in [-0.39, 0.29) is 18.1 Å². The largest absolute Gasteiger partial charge is 0.376 e. The van der Waals surface area contributed by atoms with E-state index < -0.39 is 0 Å². The summed E-state index contributed by atoms with van der Waals surface area (Å²) in [7, 11) is 2.15. The van der Waals surface area contributed by atoms with Crippen LogP contribution in [0.1, 0.15) is 37.8 Å². The van der Waals surface area contributed by atoms with Gasteiger partial charge in [-0.3, -0.25) is 9.69 Å². The Morgan fingerprint density at radius 2 is 2.12 bits per heavy atom. The third-order valence-corrected chi connectivity index (χ3v) is 5.18. The van der Waals surface area contributed by atoms with Crippen LogP contribution in [0.25, 0.3) is 0 Å². The van der Waals surface area contributed by atoms with E-state index in [4.69, 9.17) is 4.74 Å². The second kappa shape index (κ2) is 8.10. The Bertz CT molecular complexity index is 531. The van der Waals surface area contributed by atoms with Crippen molar-refractivity contribution in [2.75, 3.05) is 26.7 Å². The van der Waals surface area contributed by atoms with Gasteiger partial charge in [0, 0.05) is 31.8 Å². The summed E-state index contributed by atoms with van der Waals surface area (Å²) in [5, 5.41) is 6.56. The molecule has 4 unspecified atom stereocenters. The fourth-order valence-electron chi connectivity index (χ4n) is 3.83. The predicted octanol–water partition coefficient (Wildman–Crippen LogP) is 1.71. The molecule has 5 nitrogen and oxygen atoms in total. The quantitative estimate of drug-likeness (QED) is 0.833. The highest BCUT2D eigenvalue weighted by atomic mass is 16.5. The Morgan fingerprint density at radius 1 is 1.33 bits per heavy atom. The van der Waals surface area contributed by atoms with Gasteiger partial charge in [-0.05, 0) is 38.8 Å². The lowest BCUT2D eigenvalue weighted by molar-refractivity contribution is -0.123. The van der Waals surface area contributed by atoms with Gasteiger partial charge in [0.05, 0.1) is 12.1 Å². The molecule has 0 bridgehead atoms. The van der Waals surface area contributed by atoms with E-state index in [1.165, 1.54) is 5.56 Å². The molecule has 0 radical (unpaired) electrons. The summed E-state index contributed by atoms with van der Waals surface area (Å²) in [5.74, 6) is 0.0619. The molecule has 2 heterocycles. The molecule has 2 aliphatic heterocycles. The molecule has 1 amide bonds. The minimum atomic E-state index is -0.200. The van der Waals surface area contributed by atoms with Gasteiger partial charge in [0.25, 0.3) is 0 Å². The van der Waals surface area contributed by atoms with E-state index in [9.17, 15) is 4.79 Å². The predicted molar refractivity (Wildman–Crippen MR) is 94.8 cm³/mol. The first kappa shape index (κ1) is 17.4. The lowest BCUT2D eigenvalue weighted by Gasteiger charge is -2.28. The van der Waals surface area contributed by atoms with Crippen LogP contribution in [-0.4, -0.2) is 55.7 Å². The van der Waals surface area contributed by atoms with Crippen LogP contribution >= 0.6 is 0 Å². The normalized spacial score (nSPS) is 28.8. The summed E-state index contributed by atoms with van der Waals surface area (Å²) in [6.45, 7) is 4.44. The standard InChI is InChI=1S/C19H29N3O2/c1-14(19(23)20-13-16-9-6-12-24-16)21-17-10-11-22(2)18(17)15-7-4-3-5-8-15/h3-5,7-8,14,16-18,21H,6,9-13H2,1-2H3,(H,20,23). The van der Waals surface area contributed by atoms with Crippen molar-refractivity contribution >= 4 is 5.91 Å². The fraction of sp³-hybridized carbons (Fsp3) is 0.632. The van der Waals surface area contributed by atoms with E-state index in [0.29, 0.717) is 18.6 Å². The summed E-state index contributed by atoms with van der Waals surface area (Å²) < 4.78 is 5.56. The van der Waals surface area contributed by atoms with Crippen molar-refractivity contribution in [3.63, 3.8) is 0 Å². The maximum absolute atomic E-state index is 12.4. The average Bonchev–Trinajstić information content (AvgIpc) is 3.23. The summed E-state index contributed by atoms with van der Waals surface area (Å²) in [6, 6.07) is 11.0.